The van der Waals surface area contributed by atoms with Crippen LogP contribution in [0.15, 0.2) is 36.5 Å². The summed E-state index contributed by atoms with van der Waals surface area (Å²) < 4.78 is 10.7. The Labute approximate surface area is 237 Å². The maximum Gasteiger partial charge on any atom is 0.263 e. The summed E-state index contributed by atoms with van der Waals surface area (Å²) in [5.74, 6) is 1.38. The Morgan fingerprint density at radius 2 is 1.97 bits per heavy atom. The van der Waals surface area contributed by atoms with Crippen LogP contribution in [0.1, 0.15) is 11.3 Å². The molecular weight excluding hydrogens is 557 g/mol. The molecule has 4 N–H and O–H groups in total. The van der Waals surface area contributed by atoms with Gasteiger partial charge >= 0.3 is 0 Å². The number of hydrogen-bond donors (Lipinski definition) is 4. The lowest BCUT2D eigenvalue weighted by molar-refractivity contribution is -0.118. The van der Waals surface area contributed by atoms with Crippen molar-refractivity contribution >= 4 is 59.0 Å². The summed E-state index contributed by atoms with van der Waals surface area (Å²) in [6.07, 6.45) is 0.728. The number of carbonyl (C=O) groups is 1. The Morgan fingerprint density at radius 1 is 1.21 bits per heavy atom. The van der Waals surface area contributed by atoms with Crippen LogP contribution in [0.5, 0.6) is 11.5 Å². The zero-order chi connectivity index (χ0) is 25.2. The number of aromatic nitrogens is 2. The molecular formula is C25H30Cl3N5O5. The topological polar surface area (TPSA) is 129 Å². The lowest BCUT2D eigenvalue weighted by Crippen LogP contribution is -2.60. The number of aliphatic hydroxyl groups is 2. The number of carbonyl (C=O) groups excluding carboxylic acids is 1. The summed E-state index contributed by atoms with van der Waals surface area (Å²) in [7, 11) is 1.62. The maximum absolute atomic E-state index is 11.5. The number of amides is 1. The van der Waals surface area contributed by atoms with Crippen LogP contribution < -0.4 is 20.1 Å². The molecule has 4 heterocycles. The smallest absolute Gasteiger partial charge is 0.263 e. The number of nitrogens with one attached hydrogen (secondary N) is 2. The highest BCUT2D eigenvalue weighted by Gasteiger charge is 2.34. The number of nitrogens with zero attached hydrogens (tertiary/aromatic N) is 3. The van der Waals surface area contributed by atoms with Gasteiger partial charge in [-0.2, -0.15) is 0 Å². The molecule has 10 nitrogen and oxygen atoms in total. The number of hydrogen-bond acceptors (Lipinski definition) is 9. The second kappa shape index (κ2) is 13.1. The monoisotopic (exact) mass is 585 g/mol. The second-order valence-electron chi connectivity index (χ2n) is 9.00. The molecule has 3 aromatic rings. The quantitative estimate of drug-likeness (QED) is 0.329. The molecule has 1 aromatic carbocycles. The molecule has 2 aliphatic heterocycles. The number of anilines is 1. The molecule has 0 radical (unpaired) electrons. The minimum atomic E-state index is -0.779. The number of likely N-dealkylation sites (tertiary alicyclic amines) is 1. The molecule has 206 valence electrons. The predicted octanol–water partition coefficient (Wildman–Crippen LogP) is 2.20. The van der Waals surface area contributed by atoms with Gasteiger partial charge in [0.15, 0.2) is 18.2 Å². The van der Waals surface area contributed by atoms with Crippen molar-refractivity contribution < 1.29 is 24.5 Å². The molecule has 38 heavy (non-hydrogen) atoms. The van der Waals surface area contributed by atoms with Crippen LogP contribution in [0.3, 0.4) is 0 Å². The Kier molecular flexibility index (Phi) is 10.4. The third-order valence-corrected chi connectivity index (χ3v) is 6.91. The predicted molar refractivity (Wildman–Crippen MR) is 149 cm³/mol. The van der Waals surface area contributed by atoms with E-state index in [9.17, 15) is 15.0 Å². The van der Waals surface area contributed by atoms with Gasteiger partial charge in [-0.15, -0.1) is 24.8 Å². The first-order valence-corrected chi connectivity index (χ1v) is 12.1. The molecule has 1 fully saturated rings. The third-order valence-electron chi connectivity index (χ3n) is 6.58. The molecule has 1 unspecified atom stereocenters. The molecule has 5 rings (SSSR count). The van der Waals surface area contributed by atoms with Crippen LogP contribution in [0, 0.1) is 0 Å². The van der Waals surface area contributed by atoms with E-state index >= 15 is 0 Å². The molecule has 0 spiro atoms. The van der Waals surface area contributed by atoms with Gasteiger partial charge in [0.25, 0.3) is 5.91 Å². The number of halogens is 3. The summed E-state index contributed by atoms with van der Waals surface area (Å²) in [6.45, 7) is 1.72. The molecule has 0 bridgehead atoms. The molecule has 1 amide bonds. The fraction of sp³-hybridized carbons (Fsp3) is 0.400. The lowest BCUT2D eigenvalue weighted by Gasteiger charge is -2.40. The van der Waals surface area contributed by atoms with Crippen LogP contribution in [0.4, 0.5) is 5.82 Å². The summed E-state index contributed by atoms with van der Waals surface area (Å²) in [6, 6.07) is 8.71. The highest BCUT2D eigenvalue weighted by atomic mass is 35.5. The summed E-state index contributed by atoms with van der Waals surface area (Å²) in [5, 5.41) is 29.0. The van der Waals surface area contributed by atoms with Crippen LogP contribution in [-0.2, 0) is 17.8 Å². The van der Waals surface area contributed by atoms with E-state index in [-0.39, 0.29) is 37.3 Å². The molecule has 0 saturated carbocycles. The number of methoxy groups -OCH3 is 1. The standard InChI is InChI=1S/C25H28ClN5O5.2ClH/c1-35-15-3-4-19-17(8-15)16(18(26)10-27-19)6-7-31-11-20(32)24(21(33)12-31)28-9-14-2-5-22-25(29-14)30-23(34)13-36-22;;/h2-5,8,10,20-21,24,28,32-33H,6-7,9,11-13H2,1H3,(H,29,30,34);2*1H/t20-,21+,24?;;. The minimum absolute atomic E-state index is 0. The van der Waals surface area contributed by atoms with E-state index in [1.807, 2.05) is 23.1 Å². The summed E-state index contributed by atoms with van der Waals surface area (Å²) >= 11 is 6.48. The van der Waals surface area contributed by atoms with Crippen molar-refractivity contribution in [3.05, 3.63) is 52.8 Å². The van der Waals surface area contributed by atoms with Gasteiger partial charge in [0, 0.05) is 37.8 Å². The van der Waals surface area contributed by atoms with Crippen LogP contribution in [0.2, 0.25) is 5.02 Å². The van der Waals surface area contributed by atoms with Gasteiger partial charge in [0.1, 0.15) is 5.75 Å². The van der Waals surface area contributed by atoms with Crippen molar-refractivity contribution in [1.29, 1.82) is 0 Å². The zero-order valence-corrected chi connectivity index (χ0v) is 23.0. The van der Waals surface area contributed by atoms with Gasteiger partial charge < -0.3 is 30.3 Å². The normalized spacial score (nSPS) is 20.9. The number of aliphatic hydroxyl groups excluding tert-OH is 2. The summed E-state index contributed by atoms with van der Waals surface area (Å²) in [5.41, 5.74) is 2.45. The molecule has 2 aromatic heterocycles. The van der Waals surface area contributed by atoms with Gasteiger partial charge in [-0.05, 0) is 42.3 Å². The van der Waals surface area contributed by atoms with Gasteiger partial charge in [-0.25, -0.2) is 4.98 Å². The third kappa shape index (κ3) is 6.58. The first-order valence-electron chi connectivity index (χ1n) is 11.8. The van der Waals surface area contributed by atoms with E-state index in [0.29, 0.717) is 54.9 Å². The number of benzene rings is 1. The van der Waals surface area contributed by atoms with Crippen molar-refractivity contribution in [2.45, 2.75) is 31.2 Å². The Bertz CT molecular complexity index is 1270. The molecule has 13 heteroatoms. The number of rotatable bonds is 7. The van der Waals surface area contributed by atoms with Gasteiger partial charge in [0.2, 0.25) is 0 Å². The van der Waals surface area contributed by atoms with Crippen LogP contribution in [0.25, 0.3) is 10.9 Å². The van der Waals surface area contributed by atoms with E-state index in [0.717, 1.165) is 22.2 Å². The fourth-order valence-corrected chi connectivity index (χ4v) is 4.97. The maximum atomic E-state index is 11.5. The molecule has 1 saturated heterocycles. The zero-order valence-electron chi connectivity index (χ0n) is 20.6. The van der Waals surface area contributed by atoms with E-state index in [4.69, 9.17) is 21.1 Å². The SMILES string of the molecule is COc1ccc2ncc(Cl)c(CCN3C[C@@H](O)C(NCc4ccc5c(n4)NC(=O)CO5)[C@@H](O)C3)c2c1.Cl.Cl. The highest BCUT2D eigenvalue weighted by molar-refractivity contribution is 6.32. The van der Waals surface area contributed by atoms with Crippen LogP contribution in [-0.4, -0.2) is 82.6 Å². The molecule has 2 aliphatic rings. The van der Waals surface area contributed by atoms with E-state index in [1.54, 1.807) is 25.4 Å². The van der Waals surface area contributed by atoms with Gasteiger partial charge in [0.05, 0.1) is 41.6 Å². The van der Waals surface area contributed by atoms with Crippen molar-refractivity contribution in [2.75, 3.05) is 38.7 Å². The largest absolute Gasteiger partial charge is 0.497 e. The number of ether oxygens (including phenoxy) is 2. The number of fused-ring (bicyclic) bond motifs is 2. The van der Waals surface area contributed by atoms with E-state index in [1.165, 1.54) is 0 Å². The minimum Gasteiger partial charge on any atom is -0.497 e. The second-order valence-corrected chi connectivity index (χ2v) is 9.41. The van der Waals surface area contributed by atoms with Crippen molar-refractivity contribution in [3.63, 3.8) is 0 Å². The van der Waals surface area contributed by atoms with Crippen molar-refractivity contribution in [3.8, 4) is 11.5 Å². The van der Waals surface area contributed by atoms with E-state index < -0.39 is 18.2 Å². The van der Waals surface area contributed by atoms with Gasteiger partial charge in [-0.1, -0.05) is 11.6 Å². The Balaban J connectivity index is 0.00000200. The van der Waals surface area contributed by atoms with E-state index in [2.05, 4.69) is 20.6 Å². The Hall–Kier alpha value is -2.44. The van der Waals surface area contributed by atoms with Crippen molar-refractivity contribution in [1.82, 2.24) is 20.2 Å². The van der Waals surface area contributed by atoms with Crippen molar-refractivity contribution in [2.24, 2.45) is 0 Å². The average Bonchev–Trinajstić information content (AvgIpc) is 2.87. The average molecular weight is 587 g/mol. The Morgan fingerprint density at radius 3 is 2.71 bits per heavy atom. The fourth-order valence-electron chi connectivity index (χ4n) is 4.72. The number of pyridine rings is 2. The highest BCUT2D eigenvalue weighted by Crippen LogP contribution is 2.29. The number of piperidine rings is 1. The lowest BCUT2D eigenvalue weighted by atomic mass is 9.97. The first-order chi connectivity index (χ1) is 17.4. The number of β-amino-alcohol motifs (C(OH)–C–C–N with tert-alkyl or cyclic N) is 2. The first kappa shape index (κ1) is 30.1. The molecule has 0 aliphatic carbocycles. The molecule has 3 atom stereocenters. The van der Waals surface area contributed by atoms with Gasteiger partial charge in [-0.3, -0.25) is 14.7 Å². The van der Waals surface area contributed by atoms with Crippen LogP contribution >= 0.6 is 36.4 Å². The summed E-state index contributed by atoms with van der Waals surface area (Å²) in [4.78, 5) is 22.4.